The Labute approximate surface area is 170 Å². The first-order chi connectivity index (χ1) is 13.4. The van der Waals surface area contributed by atoms with Crippen molar-refractivity contribution in [3.8, 4) is 0 Å². The lowest BCUT2D eigenvalue weighted by Gasteiger charge is -2.30. The fourth-order valence-electron chi connectivity index (χ4n) is 3.03. The van der Waals surface area contributed by atoms with Crippen LogP contribution in [-0.2, 0) is 14.8 Å². The smallest absolute Gasteiger partial charge is 0.279 e. The molecule has 0 unspecified atom stereocenters. The van der Waals surface area contributed by atoms with E-state index in [4.69, 9.17) is 11.6 Å². The van der Waals surface area contributed by atoms with E-state index in [0.29, 0.717) is 36.9 Å². The van der Waals surface area contributed by atoms with Crippen molar-refractivity contribution in [3.63, 3.8) is 0 Å². The Morgan fingerprint density at radius 2 is 1.71 bits per heavy atom. The summed E-state index contributed by atoms with van der Waals surface area (Å²) in [6.07, 6.45) is 1.60. The van der Waals surface area contributed by atoms with Crippen molar-refractivity contribution in [2.75, 3.05) is 38.0 Å². The average Bonchev–Trinajstić information content (AvgIpc) is 2.69. The molecule has 2 aromatic rings. The molecule has 8 heteroatoms. The van der Waals surface area contributed by atoms with Crippen molar-refractivity contribution in [3.05, 3.63) is 70.6 Å². The number of carbonyl (C=O) groups is 1. The van der Waals surface area contributed by atoms with Crippen molar-refractivity contribution in [1.82, 2.24) is 4.31 Å². The Balaban J connectivity index is 1.50. The van der Waals surface area contributed by atoms with E-state index in [9.17, 15) is 13.2 Å². The monoisotopic (exact) mass is 420 g/mol. The van der Waals surface area contributed by atoms with Gasteiger partial charge in [-0.15, -0.1) is 0 Å². The van der Waals surface area contributed by atoms with Gasteiger partial charge in [-0.1, -0.05) is 54.1 Å². The van der Waals surface area contributed by atoms with Crippen molar-refractivity contribution in [2.45, 2.75) is 0 Å². The van der Waals surface area contributed by atoms with E-state index in [0.717, 1.165) is 10.5 Å². The Hall–Kier alpha value is -2.19. The first-order valence-electron chi connectivity index (χ1n) is 9.05. The molecule has 6 nitrogen and oxygen atoms in total. The summed E-state index contributed by atoms with van der Waals surface area (Å²) in [5, 5.41) is 4.54. The summed E-state index contributed by atoms with van der Waals surface area (Å²) in [6, 6.07) is 16.4. The van der Waals surface area contributed by atoms with Crippen molar-refractivity contribution < 1.29 is 18.1 Å². The van der Waals surface area contributed by atoms with Crippen LogP contribution in [0.3, 0.4) is 0 Å². The van der Waals surface area contributed by atoms with Gasteiger partial charge in [0.05, 0.1) is 36.9 Å². The second-order valence-electron chi connectivity index (χ2n) is 6.61. The number of anilines is 1. The zero-order valence-electron chi connectivity index (χ0n) is 15.3. The Morgan fingerprint density at radius 1 is 1.07 bits per heavy atom. The summed E-state index contributed by atoms with van der Waals surface area (Å²) in [6.45, 7) is 2.20. The number of nitrogens with one attached hydrogen (secondary N) is 2. The fourth-order valence-corrected chi connectivity index (χ4v) is 4.41. The van der Waals surface area contributed by atoms with Gasteiger partial charge < -0.3 is 10.2 Å². The molecular formula is C20H23ClN3O3S+. The number of sulfonamides is 1. The van der Waals surface area contributed by atoms with E-state index < -0.39 is 10.0 Å². The van der Waals surface area contributed by atoms with Crippen LogP contribution in [-0.4, -0.2) is 51.4 Å². The molecule has 1 saturated heterocycles. The minimum absolute atomic E-state index is 0.136. The van der Waals surface area contributed by atoms with Crippen molar-refractivity contribution >= 4 is 39.3 Å². The zero-order valence-corrected chi connectivity index (χ0v) is 16.9. The summed E-state index contributed by atoms with van der Waals surface area (Å²) in [4.78, 5) is 13.3. The van der Waals surface area contributed by atoms with Crippen LogP contribution in [0, 0.1) is 0 Å². The summed E-state index contributed by atoms with van der Waals surface area (Å²) in [5.74, 6) is -0.136. The molecule has 148 valence electrons. The third kappa shape index (κ3) is 5.65. The number of carbonyl (C=O) groups excluding carboxylic acids is 1. The van der Waals surface area contributed by atoms with Gasteiger partial charge in [0, 0.05) is 5.41 Å². The van der Waals surface area contributed by atoms with Gasteiger partial charge in [0.2, 0.25) is 10.0 Å². The van der Waals surface area contributed by atoms with Gasteiger partial charge in [-0.2, -0.15) is 4.31 Å². The summed E-state index contributed by atoms with van der Waals surface area (Å²) in [7, 11) is -3.47. The predicted octanol–water partition coefficient (Wildman–Crippen LogP) is 1.48. The van der Waals surface area contributed by atoms with Crippen LogP contribution in [0.2, 0.25) is 5.02 Å². The highest BCUT2D eigenvalue weighted by atomic mass is 35.5. The Bertz CT molecular complexity index is 940. The summed E-state index contributed by atoms with van der Waals surface area (Å²) < 4.78 is 26.5. The van der Waals surface area contributed by atoms with Crippen LogP contribution in [0.1, 0.15) is 5.56 Å². The number of piperazine rings is 1. The van der Waals surface area contributed by atoms with Crippen LogP contribution in [0.5, 0.6) is 0 Å². The maximum absolute atomic E-state index is 12.5. The first-order valence-corrected chi connectivity index (χ1v) is 10.9. The van der Waals surface area contributed by atoms with Crippen molar-refractivity contribution in [1.29, 1.82) is 0 Å². The summed E-state index contributed by atoms with van der Waals surface area (Å²) >= 11 is 6.05. The highest BCUT2D eigenvalue weighted by Crippen LogP contribution is 2.19. The largest absolute Gasteiger partial charge is 0.325 e. The number of amides is 1. The molecule has 1 aliphatic rings. The van der Waals surface area contributed by atoms with Crippen LogP contribution >= 0.6 is 11.6 Å². The lowest BCUT2D eigenvalue weighted by atomic mass is 10.2. The predicted molar refractivity (Wildman–Crippen MR) is 112 cm³/mol. The minimum atomic E-state index is -3.47. The Morgan fingerprint density at radius 3 is 2.39 bits per heavy atom. The quantitative estimate of drug-likeness (QED) is 0.743. The highest BCUT2D eigenvalue weighted by Gasteiger charge is 2.28. The molecule has 0 radical (unpaired) electrons. The van der Waals surface area contributed by atoms with Crippen LogP contribution in [0.15, 0.2) is 60.0 Å². The van der Waals surface area contributed by atoms with Gasteiger partial charge in [-0.05, 0) is 23.8 Å². The fraction of sp³-hybridized carbons (Fsp3) is 0.250. The number of nitrogens with zero attached hydrogens (tertiary/aromatic N) is 1. The standard InChI is InChI=1S/C20H22ClN3O3S/c21-18-8-4-5-9-19(18)22-20(25)16-23-11-13-24(14-12-23)28(26,27)15-10-17-6-2-1-3-7-17/h1-10,15H,11-14,16H2,(H,22,25)/p+1/b15-10+. The average molecular weight is 421 g/mol. The molecule has 3 rings (SSSR count). The number of hydrogen-bond acceptors (Lipinski definition) is 3. The lowest BCUT2D eigenvalue weighted by Crippen LogP contribution is -3.15. The maximum Gasteiger partial charge on any atom is 0.279 e. The lowest BCUT2D eigenvalue weighted by molar-refractivity contribution is -0.895. The first kappa shape index (κ1) is 20.5. The summed E-state index contributed by atoms with van der Waals surface area (Å²) in [5.41, 5.74) is 1.42. The SMILES string of the molecule is O=C(C[NH+]1CCN(S(=O)(=O)/C=C/c2ccccc2)CC1)Nc1ccccc1Cl. The molecule has 1 aliphatic heterocycles. The van der Waals surface area contributed by atoms with E-state index in [1.807, 2.05) is 30.3 Å². The zero-order chi connectivity index (χ0) is 20.0. The third-order valence-electron chi connectivity index (χ3n) is 4.58. The Kier molecular flexibility index (Phi) is 6.85. The normalized spacial score (nSPS) is 16.3. The van der Waals surface area contributed by atoms with Gasteiger partial charge in [0.15, 0.2) is 6.54 Å². The van der Waals surface area contributed by atoms with Crippen LogP contribution in [0.25, 0.3) is 6.08 Å². The molecule has 0 saturated carbocycles. The van der Waals surface area contributed by atoms with E-state index in [2.05, 4.69) is 5.32 Å². The highest BCUT2D eigenvalue weighted by molar-refractivity contribution is 7.92. The van der Waals surface area contributed by atoms with Gasteiger partial charge in [-0.25, -0.2) is 8.42 Å². The van der Waals surface area contributed by atoms with Gasteiger partial charge in [-0.3, -0.25) is 4.79 Å². The number of hydrogen-bond donors (Lipinski definition) is 2. The topological polar surface area (TPSA) is 70.9 Å². The van der Waals surface area contributed by atoms with E-state index in [1.165, 1.54) is 9.71 Å². The van der Waals surface area contributed by atoms with Gasteiger partial charge >= 0.3 is 0 Å². The molecule has 0 atom stereocenters. The van der Waals surface area contributed by atoms with Crippen molar-refractivity contribution in [2.24, 2.45) is 0 Å². The molecule has 2 N–H and O–H groups in total. The molecule has 0 aromatic heterocycles. The molecule has 0 bridgehead atoms. The second kappa shape index (κ2) is 9.34. The maximum atomic E-state index is 12.5. The second-order valence-corrected chi connectivity index (χ2v) is 8.84. The third-order valence-corrected chi connectivity index (χ3v) is 6.47. The van der Waals surface area contributed by atoms with Gasteiger partial charge in [0.25, 0.3) is 5.91 Å². The molecule has 1 heterocycles. The molecule has 0 aliphatic carbocycles. The number of rotatable bonds is 6. The van der Waals surface area contributed by atoms with Crippen LogP contribution < -0.4 is 10.2 Å². The van der Waals surface area contributed by atoms with E-state index in [1.54, 1.807) is 30.3 Å². The number of benzene rings is 2. The molecule has 2 aromatic carbocycles. The van der Waals surface area contributed by atoms with E-state index >= 15 is 0 Å². The number of para-hydroxylation sites is 1. The number of halogens is 1. The molecular weight excluding hydrogens is 398 g/mol. The molecule has 1 amide bonds. The molecule has 28 heavy (non-hydrogen) atoms. The van der Waals surface area contributed by atoms with Gasteiger partial charge in [0.1, 0.15) is 0 Å². The molecule has 1 fully saturated rings. The minimum Gasteiger partial charge on any atom is -0.325 e. The van der Waals surface area contributed by atoms with Crippen LogP contribution in [0.4, 0.5) is 5.69 Å². The number of quaternary nitrogens is 1. The molecule has 0 spiro atoms. The van der Waals surface area contributed by atoms with E-state index in [-0.39, 0.29) is 12.5 Å².